The molecule has 0 aliphatic heterocycles. The average molecular weight is 327 g/mol. The van der Waals surface area contributed by atoms with Crippen molar-refractivity contribution in [2.75, 3.05) is 4.90 Å². The van der Waals surface area contributed by atoms with E-state index < -0.39 is 5.38 Å². The van der Waals surface area contributed by atoms with Gasteiger partial charge < -0.3 is 0 Å². The third kappa shape index (κ3) is 3.95. The van der Waals surface area contributed by atoms with E-state index in [-0.39, 0.29) is 17.9 Å². The molecule has 2 rings (SSSR count). The number of anilines is 1. The third-order valence-electron chi connectivity index (χ3n) is 3.03. The molecule has 0 aliphatic carbocycles. The maximum Gasteiger partial charge on any atom is 0.246 e. The molecule has 0 bridgehead atoms. The van der Waals surface area contributed by atoms with Gasteiger partial charge in [0.2, 0.25) is 11.2 Å². The van der Waals surface area contributed by atoms with Crippen molar-refractivity contribution in [1.29, 1.82) is 0 Å². The molecule has 1 atom stereocenters. The molecule has 2 aromatic rings. The van der Waals surface area contributed by atoms with Crippen molar-refractivity contribution in [2.45, 2.75) is 32.3 Å². The van der Waals surface area contributed by atoms with Crippen LogP contribution in [0.15, 0.2) is 30.6 Å². The van der Waals surface area contributed by atoms with Gasteiger partial charge in [0.15, 0.2) is 0 Å². The van der Waals surface area contributed by atoms with Crippen LogP contribution in [-0.2, 0) is 17.9 Å². The van der Waals surface area contributed by atoms with E-state index in [1.165, 1.54) is 11.0 Å². The number of hydrogen-bond donors (Lipinski definition) is 0. The highest BCUT2D eigenvalue weighted by Gasteiger charge is 2.21. The summed E-state index contributed by atoms with van der Waals surface area (Å²) in [5, 5.41) is 3.51. The Balaban J connectivity index is 2.33. The molecular formula is C14H16Cl2N4O. The normalized spacial score (nSPS) is 12.2. The van der Waals surface area contributed by atoms with Crippen molar-refractivity contribution in [3.05, 3.63) is 41.4 Å². The zero-order valence-corrected chi connectivity index (χ0v) is 13.3. The predicted octanol–water partition coefficient (Wildman–Crippen LogP) is 3.11. The maximum absolute atomic E-state index is 12.4. The van der Waals surface area contributed by atoms with Crippen LogP contribution in [0, 0.1) is 0 Å². The number of halogens is 2. The summed E-state index contributed by atoms with van der Waals surface area (Å²) in [6, 6.07) is 7.77. The zero-order valence-electron chi connectivity index (χ0n) is 11.8. The van der Waals surface area contributed by atoms with E-state index in [0.717, 1.165) is 17.7 Å². The molecule has 1 heterocycles. The number of hydrogen-bond acceptors (Lipinski definition) is 3. The minimum absolute atomic E-state index is 0.142. The minimum Gasteiger partial charge on any atom is -0.291 e. The molecule has 0 radical (unpaired) electrons. The molecule has 5 nitrogen and oxygen atoms in total. The number of alkyl halides is 1. The fourth-order valence-corrected chi connectivity index (χ4v) is 2.18. The quantitative estimate of drug-likeness (QED) is 0.793. The fourth-order valence-electron chi connectivity index (χ4n) is 1.92. The van der Waals surface area contributed by atoms with Crippen molar-refractivity contribution in [3.8, 4) is 0 Å². The van der Waals surface area contributed by atoms with Gasteiger partial charge in [-0.3, -0.25) is 9.69 Å². The average Bonchev–Trinajstić information content (AvgIpc) is 2.89. The lowest BCUT2D eigenvalue weighted by Crippen LogP contribution is -2.37. The van der Waals surface area contributed by atoms with E-state index in [2.05, 4.69) is 17.0 Å². The summed E-state index contributed by atoms with van der Waals surface area (Å²) in [6.07, 6.45) is 2.37. The fraction of sp³-hybridized carbons (Fsp3) is 0.357. The number of aryl methyl sites for hydroxylation is 1. The van der Waals surface area contributed by atoms with Crippen molar-refractivity contribution in [2.24, 2.45) is 0 Å². The van der Waals surface area contributed by atoms with Crippen LogP contribution in [0.4, 0.5) is 5.69 Å². The summed E-state index contributed by atoms with van der Waals surface area (Å²) < 4.78 is 1.50. The highest BCUT2D eigenvalue weighted by Crippen LogP contribution is 2.20. The van der Waals surface area contributed by atoms with Crippen LogP contribution < -0.4 is 4.90 Å². The van der Waals surface area contributed by atoms with E-state index in [0.29, 0.717) is 0 Å². The molecule has 0 aliphatic rings. The molecule has 112 valence electrons. The SMILES string of the molecule is CCc1cccc(N(Cn2cnc(Cl)n2)C(=O)C(C)Cl)c1. The van der Waals surface area contributed by atoms with E-state index >= 15 is 0 Å². The number of rotatable bonds is 5. The maximum atomic E-state index is 12.4. The highest BCUT2D eigenvalue weighted by molar-refractivity contribution is 6.32. The van der Waals surface area contributed by atoms with Crippen LogP contribution >= 0.6 is 23.2 Å². The van der Waals surface area contributed by atoms with Gasteiger partial charge >= 0.3 is 0 Å². The summed E-state index contributed by atoms with van der Waals surface area (Å²) >= 11 is 11.7. The summed E-state index contributed by atoms with van der Waals surface area (Å²) in [5.74, 6) is -0.198. The second-order valence-electron chi connectivity index (χ2n) is 4.60. The van der Waals surface area contributed by atoms with Gasteiger partial charge in [0.05, 0.1) is 0 Å². The molecule has 0 saturated carbocycles. The summed E-state index contributed by atoms with van der Waals surface area (Å²) in [6.45, 7) is 3.92. The number of carbonyl (C=O) groups is 1. The van der Waals surface area contributed by atoms with Crippen molar-refractivity contribution in [1.82, 2.24) is 14.8 Å². The first-order valence-electron chi connectivity index (χ1n) is 6.60. The predicted molar refractivity (Wildman–Crippen MR) is 83.7 cm³/mol. The summed E-state index contributed by atoms with van der Waals surface area (Å²) in [5.41, 5.74) is 1.92. The molecule has 0 fully saturated rings. The molecule has 1 unspecified atom stereocenters. The Morgan fingerprint density at radius 1 is 1.48 bits per heavy atom. The molecule has 0 spiro atoms. The van der Waals surface area contributed by atoms with Gasteiger partial charge in [0.25, 0.3) is 0 Å². The zero-order chi connectivity index (χ0) is 15.4. The van der Waals surface area contributed by atoms with E-state index in [4.69, 9.17) is 23.2 Å². The van der Waals surface area contributed by atoms with Crippen LogP contribution in [0.5, 0.6) is 0 Å². The van der Waals surface area contributed by atoms with E-state index in [1.54, 1.807) is 11.8 Å². The van der Waals surface area contributed by atoms with Gasteiger partial charge in [0, 0.05) is 5.69 Å². The molecule has 7 heteroatoms. The van der Waals surface area contributed by atoms with Gasteiger partial charge in [-0.15, -0.1) is 16.7 Å². The molecule has 1 amide bonds. The van der Waals surface area contributed by atoms with Crippen LogP contribution in [0.2, 0.25) is 5.28 Å². The van der Waals surface area contributed by atoms with Crippen molar-refractivity contribution < 1.29 is 4.79 Å². The number of aromatic nitrogens is 3. The van der Waals surface area contributed by atoms with Crippen LogP contribution in [0.1, 0.15) is 19.4 Å². The Labute approximate surface area is 133 Å². The third-order valence-corrected chi connectivity index (χ3v) is 3.39. The topological polar surface area (TPSA) is 51.0 Å². The Morgan fingerprint density at radius 2 is 2.24 bits per heavy atom. The monoisotopic (exact) mass is 326 g/mol. The number of carbonyl (C=O) groups excluding carboxylic acids is 1. The molecule has 0 N–H and O–H groups in total. The molecule has 21 heavy (non-hydrogen) atoms. The van der Waals surface area contributed by atoms with Crippen molar-refractivity contribution in [3.63, 3.8) is 0 Å². The van der Waals surface area contributed by atoms with Crippen molar-refractivity contribution >= 4 is 34.8 Å². The number of amides is 1. The van der Waals surface area contributed by atoms with Crippen LogP contribution in [0.25, 0.3) is 0 Å². The first-order valence-corrected chi connectivity index (χ1v) is 7.42. The van der Waals surface area contributed by atoms with Gasteiger partial charge in [0.1, 0.15) is 18.4 Å². The molecule has 0 saturated heterocycles. The molecule has 1 aromatic carbocycles. The summed E-state index contributed by atoms with van der Waals surface area (Å²) in [7, 11) is 0. The molecule has 1 aromatic heterocycles. The second kappa shape index (κ2) is 6.91. The van der Waals surface area contributed by atoms with E-state index in [1.807, 2.05) is 24.3 Å². The van der Waals surface area contributed by atoms with Crippen LogP contribution in [0.3, 0.4) is 0 Å². The Kier molecular flexibility index (Phi) is 5.20. The standard InChI is InChI=1S/C14H16Cl2N4O/c1-3-11-5-4-6-12(7-11)20(13(21)10(2)15)9-19-8-17-14(16)18-19/h4-8,10H,3,9H2,1-2H3. The van der Waals surface area contributed by atoms with E-state index in [9.17, 15) is 4.79 Å². The lowest BCUT2D eigenvalue weighted by atomic mass is 10.1. The second-order valence-corrected chi connectivity index (χ2v) is 5.59. The van der Waals surface area contributed by atoms with Gasteiger partial charge in [-0.1, -0.05) is 19.1 Å². The Bertz CT molecular complexity index is 627. The minimum atomic E-state index is -0.630. The van der Waals surface area contributed by atoms with Gasteiger partial charge in [-0.2, -0.15) is 0 Å². The van der Waals surface area contributed by atoms with Gasteiger partial charge in [-0.25, -0.2) is 9.67 Å². The van der Waals surface area contributed by atoms with Gasteiger partial charge in [-0.05, 0) is 42.6 Å². The largest absolute Gasteiger partial charge is 0.291 e. The highest BCUT2D eigenvalue weighted by atomic mass is 35.5. The first kappa shape index (κ1) is 15.8. The smallest absolute Gasteiger partial charge is 0.246 e. The Hall–Kier alpha value is -1.59. The van der Waals surface area contributed by atoms with Crippen LogP contribution in [-0.4, -0.2) is 26.0 Å². The molecular weight excluding hydrogens is 311 g/mol. The number of benzene rings is 1. The summed E-state index contributed by atoms with van der Waals surface area (Å²) in [4.78, 5) is 17.8. The lowest BCUT2D eigenvalue weighted by molar-refractivity contribution is -0.118. The first-order chi connectivity index (χ1) is 10.0. The Morgan fingerprint density at radius 3 is 2.81 bits per heavy atom. The lowest BCUT2D eigenvalue weighted by Gasteiger charge is -2.24. The number of nitrogens with zero attached hydrogens (tertiary/aromatic N) is 4.